The Balaban J connectivity index is 2.03. The van der Waals surface area contributed by atoms with E-state index in [0.717, 1.165) is 16.7 Å². The van der Waals surface area contributed by atoms with E-state index >= 15 is 0 Å². The maximum Gasteiger partial charge on any atom is 0.157 e. The molecule has 2 unspecified atom stereocenters. The topological polar surface area (TPSA) is 55.1 Å². The van der Waals surface area contributed by atoms with Crippen molar-refractivity contribution >= 4 is 16.9 Å². The molecular weight excluding hydrogens is 246 g/mol. The number of rotatable bonds is 3. The number of aliphatic imine (C=N–C) groups is 1. The molecule has 6 heteroatoms. The van der Waals surface area contributed by atoms with Crippen molar-refractivity contribution < 1.29 is 0 Å². The van der Waals surface area contributed by atoms with Gasteiger partial charge in [0.15, 0.2) is 11.0 Å². The second-order valence-electron chi connectivity index (χ2n) is 5.05. The third-order valence-electron chi connectivity index (χ3n) is 3.18. The van der Waals surface area contributed by atoms with E-state index in [1.54, 1.807) is 18.1 Å². The van der Waals surface area contributed by atoms with Crippen molar-refractivity contribution in [3.8, 4) is 0 Å². The molecule has 0 aromatic carbocycles. The fourth-order valence-corrected chi connectivity index (χ4v) is 3.05. The molecule has 0 radical (unpaired) electrons. The highest BCUT2D eigenvalue weighted by molar-refractivity contribution is 8.13. The molecule has 0 fully saturated rings. The third kappa shape index (κ3) is 3.04. The van der Waals surface area contributed by atoms with Gasteiger partial charge in [-0.2, -0.15) is 0 Å². The van der Waals surface area contributed by atoms with Crippen molar-refractivity contribution in [1.82, 2.24) is 20.1 Å². The minimum absolute atomic E-state index is 0.134. The summed E-state index contributed by atoms with van der Waals surface area (Å²) in [5, 5.41) is 12.5. The zero-order valence-corrected chi connectivity index (χ0v) is 12.2. The molecule has 0 aliphatic carbocycles. The Labute approximate surface area is 112 Å². The van der Waals surface area contributed by atoms with Gasteiger partial charge in [-0.25, -0.2) is 0 Å². The minimum atomic E-state index is 0.134. The number of thioether (sulfide) groups is 1. The highest BCUT2D eigenvalue weighted by Gasteiger charge is 2.20. The number of amidine groups is 1. The Morgan fingerprint density at radius 3 is 2.83 bits per heavy atom. The summed E-state index contributed by atoms with van der Waals surface area (Å²) >= 11 is 1.80. The molecular formula is C12H21N5S. The summed E-state index contributed by atoms with van der Waals surface area (Å²) in [6.45, 7) is 6.55. The van der Waals surface area contributed by atoms with Crippen molar-refractivity contribution in [2.24, 2.45) is 18.0 Å². The second kappa shape index (κ2) is 5.73. The molecule has 1 aliphatic heterocycles. The quantitative estimate of drug-likeness (QED) is 0.910. The van der Waals surface area contributed by atoms with Gasteiger partial charge < -0.3 is 9.88 Å². The summed E-state index contributed by atoms with van der Waals surface area (Å²) in [4.78, 5) is 4.77. The van der Waals surface area contributed by atoms with Crippen molar-refractivity contribution in [3.63, 3.8) is 0 Å². The smallest absolute Gasteiger partial charge is 0.157 e. The average Bonchev–Trinajstić information content (AvgIpc) is 2.76. The lowest BCUT2D eigenvalue weighted by Gasteiger charge is -2.25. The molecule has 0 saturated heterocycles. The van der Waals surface area contributed by atoms with Gasteiger partial charge in [0.2, 0.25) is 0 Å². The zero-order valence-electron chi connectivity index (χ0n) is 11.4. The summed E-state index contributed by atoms with van der Waals surface area (Å²) in [7, 11) is 1.96. The van der Waals surface area contributed by atoms with Gasteiger partial charge in [0.1, 0.15) is 6.33 Å². The summed E-state index contributed by atoms with van der Waals surface area (Å²) in [5.74, 6) is 2.68. The van der Waals surface area contributed by atoms with Crippen LogP contribution >= 0.6 is 11.8 Å². The van der Waals surface area contributed by atoms with Gasteiger partial charge >= 0.3 is 0 Å². The monoisotopic (exact) mass is 267 g/mol. The largest absolute Gasteiger partial charge is 0.355 e. The lowest BCUT2D eigenvalue weighted by atomic mass is 10.0. The Morgan fingerprint density at radius 2 is 2.22 bits per heavy atom. The lowest BCUT2D eigenvalue weighted by Crippen LogP contribution is -2.31. The fraction of sp³-hybridized carbons (Fsp3) is 0.750. The first-order valence-electron chi connectivity index (χ1n) is 6.39. The highest BCUT2D eigenvalue weighted by Crippen LogP contribution is 2.23. The SMILES string of the molecule is CC(NC1=NC(C(C)C)CCS1)c1nncn1C. The van der Waals surface area contributed by atoms with Crippen molar-refractivity contribution in [3.05, 3.63) is 12.2 Å². The second-order valence-corrected chi connectivity index (χ2v) is 6.13. The first-order chi connectivity index (χ1) is 8.58. The molecule has 0 spiro atoms. The van der Waals surface area contributed by atoms with Crippen LogP contribution in [0.3, 0.4) is 0 Å². The van der Waals surface area contributed by atoms with Crippen LogP contribution in [0.5, 0.6) is 0 Å². The van der Waals surface area contributed by atoms with Crippen LogP contribution in [0.2, 0.25) is 0 Å². The van der Waals surface area contributed by atoms with Gasteiger partial charge in [0.25, 0.3) is 0 Å². The predicted octanol–water partition coefficient (Wildman–Crippen LogP) is 1.98. The molecule has 1 N–H and O–H groups in total. The first-order valence-corrected chi connectivity index (χ1v) is 7.37. The Bertz CT molecular complexity index is 426. The zero-order chi connectivity index (χ0) is 13.1. The summed E-state index contributed by atoms with van der Waals surface area (Å²) in [6, 6.07) is 0.579. The fourth-order valence-electron chi connectivity index (χ4n) is 2.02. The Kier molecular flexibility index (Phi) is 4.27. The first kappa shape index (κ1) is 13.4. The molecule has 2 heterocycles. The molecule has 100 valence electrons. The van der Waals surface area contributed by atoms with E-state index in [-0.39, 0.29) is 6.04 Å². The predicted molar refractivity (Wildman–Crippen MR) is 75.7 cm³/mol. The molecule has 1 aromatic heterocycles. The van der Waals surface area contributed by atoms with Gasteiger partial charge in [-0.1, -0.05) is 25.6 Å². The molecule has 5 nitrogen and oxygen atoms in total. The molecule has 1 aromatic rings. The average molecular weight is 267 g/mol. The third-order valence-corrected chi connectivity index (χ3v) is 4.12. The van der Waals surface area contributed by atoms with E-state index in [1.165, 1.54) is 6.42 Å². The van der Waals surface area contributed by atoms with Crippen molar-refractivity contribution in [2.75, 3.05) is 5.75 Å². The molecule has 0 saturated carbocycles. The van der Waals surface area contributed by atoms with Gasteiger partial charge in [0, 0.05) is 12.8 Å². The van der Waals surface area contributed by atoms with Crippen LogP contribution in [0, 0.1) is 5.92 Å². The van der Waals surface area contributed by atoms with Crippen molar-refractivity contribution in [2.45, 2.75) is 39.3 Å². The van der Waals surface area contributed by atoms with Gasteiger partial charge in [-0.3, -0.25) is 4.99 Å². The number of nitrogens with one attached hydrogen (secondary N) is 1. The number of hydrogen-bond donors (Lipinski definition) is 1. The summed E-state index contributed by atoms with van der Waals surface area (Å²) < 4.78 is 1.94. The van der Waals surface area contributed by atoms with Gasteiger partial charge in [-0.15, -0.1) is 10.2 Å². The van der Waals surface area contributed by atoms with E-state index in [4.69, 9.17) is 4.99 Å². The van der Waals surface area contributed by atoms with Crippen LogP contribution in [-0.2, 0) is 7.05 Å². The van der Waals surface area contributed by atoms with E-state index in [9.17, 15) is 0 Å². The number of hydrogen-bond acceptors (Lipinski definition) is 5. The number of aryl methyl sites for hydroxylation is 1. The molecule has 0 amide bonds. The van der Waals surface area contributed by atoms with Crippen LogP contribution < -0.4 is 5.32 Å². The van der Waals surface area contributed by atoms with E-state index in [2.05, 4.69) is 36.3 Å². The Morgan fingerprint density at radius 1 is 1.44 bits per heavy atom. The molecule has 0 bridgehead atoms. The van der Waals surface area contributed by atoms with Crippen LogP contribution in [-0.4, -0.2) is 31.7 Å². The van der Waals surface area contributed by atoms with Crippen LogP contribution in [0.4, 0.5) is 0 Å². The normalized spacial score (nSPS) is 21.8. The minimum Gasteiger partial charge on any atom is -0.355 e. The molecule has 1 aliphatic rings. The lowest BCUT2D eigenvalue weighted by molar-refractivity contribution is 0.481. The Hall–Kier alpha value is -1.04. The summed E-state index contributed by atoms with van der Waals surface area (Å²) in [5.41, 5.74) is 0. The molecule has 2 atom stereocenters. The number of nitrogens with zero attached hydrogens (tertiary/aromatic N) is 4. The van der Waals surface area contributed by atoms with E-state index < -0.39 is 0 Å². The van der Waals surface area contributed by atoms with E-state index in [0.29, 0.717) is 12.0 Å². The van der Waals surface area contributed by atoms with Crippen LogP contribution in [0.15, 0.2) is 11.3 Å². The van der Waals surface area contributed by atoms with Gasteiger partial charge in [-0.05, 0) is 19.3 Å². The number of aromatic nitrogens is 3. The highest BCUT2D eigenvalue weighted by atomic mass is 32.2. The molecule has 2 rings (SSSR count). The maximum absolute atomic E-state index is 4.77. The van der Waals surface area contributed by atoms with Crippen LogP contribution in [0.1, 0.15) is 39.1 Å². The standard InChI is InChI=1S/C12H21N5S/c1-8(2)10-5-6-18-12(15-10)14-9(3)11-16-13-7-17(11)4/h7-10H,5-6H2,1-4H3,(H,14,15). The van der Waals surface area contributed by atoms with Crippen molar-refractivity contribution in [1.29, 1.82) is 0 Å². The maximum atomic E-state index is 4.77. The van der Waals surface area contributed by atoms with Gasteiger partial charge in [0.05, 0.1) is 12.1 Å². The van der Waals surface area contributed by atoms with E-state index in [1.807, 2.05) is 11.6 Å². The molecule has 18 heavy (non-hydrogen) atoms. The van der Waals surface area contributed by atoms with Crippen LogP contribution in [0.25, 0.3) is 0 Å². The summed E-state index contributed by atoms with van der Waals surface area (Å²) in [6.07, 6.45) is 2.89.